The summed E-state index contributed by atoms with van der Waals surface area (Å²) in [7, 11) is 0. The number of nitrogen functional groups attached to an aromatic ring is 1. The summed E-state index contributed by atoms with van der Waals surface area (Å²) in [6.45, 7) is 5.00. The molecular weight excluding hydrogens is 450 g/mol. The Kier molecular flexibility index (Phi) is 7.75. The Morgan fingerprint density at radius 2 is 1.71 bits per heavy atom. The average molecular weight is 480 g/mol. The van der Waals surface area contributed by atoms with Gasteiger partial charge in [0.1, 0.15) is 5.82 Å². The van der Waals surface area contributed by atoms with Crippen LogP contribution in [0.2, 0.25) is 0 Å². The molecule has 1 aromatic carbocycles. The molecule has 10 heteroatoms. The Balaban J connectivity index is 1.79. The van der Waals surface area contributed by atoms with E-state index in [9.17, 15) is 24.6 Å². The van der Waals surface area contributed by atoms with Gasteiger partial charge in [0.05, 0.1) is 29.6 Å². The number of nitrogens with two attached hydrogens (primary N) is 1. The van der Waals surface area contributed by atoms with Crippen LogP contribution in [0.3, 0.4) is 0 Å². The van der Waals surface area contributed by atoms with Crippen molar-refractivity contribution in [2.45, 2.75) is 39.3 Å². The molecule has 0 saturated heterocycles. The molecule has 2 aromatic heterocycles. The van der Waals surface area contributed by atoms with Crippen LogP contribution in [0, 0.1) is 12.8 Å². The Morgan fingerprint density at radius 1 is 1.03 bits per heavy atom. The average Bonchev–Trinajstić information content (AvgIpc) is 3.08. The Labute approximate surface area is 202 Å². The maximum atomic E-state index is 13.1. The van der Waals surface area contributed by atoms with Gasteiger partial charge in [-0.15, -0.1) is 0 Å². The number of carbonyl (C=O) groups is 3. The van der Waals surface area contributed by atoms with Gasteiger partial charge >= 0.3 is 0 Å². The summed E-state index contributed by atoms with van der Waals surface area (Å²) in [5, 5.41) is 25.4. The van der Waals surface area contributed by atoms with Crippen molar-refractivity contribution in [3.63, 3.8) is 0 Å². The molecule has 0 aliphatic heterocycles. The zero-order valence-corrected chi connectivity index (χ0v) is 19.7. The molecule has 0 unspecified atom stereocenters. The molecule has 7 N–H and O–H groups in total. The van der Waals surface area contributed by atoms with E-state index in [-0.39, 0.29) is 40.7 Å². The molecule has 3 rings (SSSR count). The maximum absolute atomic E-state index is 13.1. The third kappa shape index (κ3) is 5.97. The lowest BCUT2D eigenvalue weighted by Gasteiger charge is -2.24. The zero-order valence-electron chi connectivity index (χ0n) is 19.7. The van der Waals surface area contributed by atoms with Crippen molar-refractivity contribution in [3.05, 3.63) is 70.9 Å². The van der Waals surface area contributed by atoms with Gasteiger partial charge < -0.3 is 26.6 Å². The van der Waals surface area contributed by atoms with E-state index in [0.29, 0.717) is 5.56 Å². The monoisotopic (exact) mass is 479 g/mol. The molecule has 2 heterocycles. The molecule has 0 radical (unpaired) electrons. The molecule has 0 saturated carbocycles. The lowest BCUT2D eigenvalue weighted by atomic mass is 9.93. The summed E-state index contributed by atoms with van der Waals surface area (Å²) in [4.78, 5) is 45.2. The molecule has 0 aliphatic rings. The molecule has 35 heavy (non-hydrogen) atoms. The van der Waals surface area contributed by atoms with Crippen LogP contribution < -0.4 is 16.4 Å². The fraction of sp³-hybridized carbons (Fsp3) is 0.280. The topological polar surface area (TPSA) is 170 Å². The summed E-state index contributed by atoms with van der Waals surface area (Å²) in [5.74, 6) is -2.25. The Morgan fingerprint density at radius 3 is 2.26 bits per heavy atom. The number of rotatable bonds is 9. The van der Waals surface area contributed by atoms with Gasteiger partial charge in [0.15, 0.2) is 11.7 Å². The van der Waals surface area contributed by atoms with E-state index in [0.717, 1.165) is 0 Å². The van der Waals surface area contributed by atoms with Crippen LogP contribution in [0.5, 0.6) is 11.8 Å². The van der Waals surface area contributed by atoms with Crippen molar-refractivity contribution in [1.29, 1.82) is 0 Å². The molecular formula is C25H29N5O5. The van der Waals surface area contributed by atoms with Gasteiger partial charge in [-0.25, -0.2) is 4.98 Å². The van der Waals surface area contributed by atoms with Crippen molar-refractivity contribution >= 4 is 23.4 Å². The van der Waals surface area contributed by atoms with Gasteiger partial charge in [0.25, 0.3) is 5.91 Å². The SMILES string of the molecule is Cc1c(O)[nH]c(O)c1C(=O)[C@@H](NC(=O)C[C@H](NC(=O)c1ccc(N)nc1)c1ccccc1)C(C)C. The maximum Gasteiger partial charge on any atom is 0.253 e. The second kappa shape index (κ2) is 10.7. The van der Waals surface area contributed by atoms with E-state index in [1.165, 1.54) is 25.3 Å². The highest BCUT2D eigenvalue weighted by molar-refractivity contribution is 6.05. The lowest BCUT2D eigenvalue weighted by molar-refractivity contribution is -0.122. The number of benzene rings is 1. The largest absolute Gasteiger partial charge is 0.494 e. The molecule has 10 nitrogen and oxygen atoms in total. The number of H-pyrrole nitrogens is 1. The number of aromatic nitrogens is 2. The fourth-order valence-electron chi connectivity index (χ4n) is 3.69. The molecule has 184 valence electrons. The van der Waals surface area contributed by atoms with Crippen molar-refractivity contribution in [2.24, 2.45) is 5.92 Å². The lowest BCUT2D eigenvalue weighted by Crippen LogP contribution is -2.45. The van der Waals surface area contributed by atoms with Gasteiger partial charge in [-0.3, -0.25) is 19.4 Å². The second-order valence-electron chi connectivity index (χ2n) is 8.59. The van der Waals surface area contributed by atoms with E-state index < -0.39 is 35.6 Å². The molecule has 0 fully saturated rings. The molecule has 0 aliphatic carbocycles. The first kappa shape index (κ1) is 25.3. The first-order chi connectivity index (χ1) is 16.6. The first-order valence-electron chi connectivity index (χ1n) is 11.1. The van der Waals surface area contributed by atoms with E-state index >= 15 is 0 Å². The van der Waals surface area contributed by atoms with E-state index in [2.05, 4.69) is 20.6 Å². The van der Waals surface area contributed by atoms with Gasteiger partial charge in [-0.1, -0.05) is 44.2 Å². The van der Waals surface area contributed by atoms with Crippen LogP contribution in [0.4, 0.5) is 5.82 Å². The van der Waals surface area contributed by atoms with E-state index in [1.807, 2.05) is 6.07 Å². The summed E-state index contributed by atoms with van der Waals surface area (Å²) in [6.07, 6.45) is 1.21. The number of pyridine rings is 1. The highest BCUT2D eigenvalue weighted by atomic mass is 16.3. The van der Waals surface area contributed by atoms with Crippen LogP contribution in [0.25, 0.3) is 0 Å². The molecule has 2 amide bonds. The number of Topliss-reactive ketones (excluding diaryl/α,β-unsaturated/α-hetero) is 1. The van der Waals surface area contributed by atoms with Gasteiger partial charge in [-0.05, 0) is 30.5 Å². The minimum absolute atomic E-state index is 0.0785. The minimum atomic E-state index is -0.962. The van der Waals surface area contributed by atoms with Crippen molar-refractivity contribution in [2.75, 3.05) is 5.73 Å². The number of hydrogen-bond acceptors (Lipinski definition) is 7. The summed E-state index contributed by atoms with van der Waals surface area (Å²) in [6, 6.07) is 10.4. The minimum Gasteiger partial charge on any atom is -0.494 e. The van der Waals surface area contributed by atoms with Crippen LogP contribution in [-0.2, 0) is 4.79 Å². The number of nitrogens with one attached hydrogen (secondary N) is 3. The van der Waals surface area contributed by atoms with Gasteiger partial charge in [0.2, 0.25) is 11.8 Å². The molecule has 0 spiro atoms. The summed E-state index contributed by atoms with van der Waals surface area (Å²) >= 11 is 0. The number of nitrogens with zero attached hydrogens (tertiary/aromatic N) is 1. The molecule has 3 aromatic rings. The standard InChI is InChI=1S/C25H29N5O5/c1-13(2)21(22(32)20-14(3)23(33)30-25(20)35)29-19(31)11-17(15-7-5-4-6-8-15)28-24(34)16-9-10-18(26)27-12-16/h4-10,12-13,17,21,30,33,35H,11H2,1-3H3,(H2,26,27)(H,28,34)(H,29,31)/t17-,21-/m0/s1. The summed E-state index contributed by atoms with van der Waals surface area (Å²) in [5.41, 5.74) is 6.69. The van der Waals surface area contributed by atoms with E-state index in [4.69, 9.17) is 5.73 Å². The number of aromatic hydroxyl groups is 2. The number of aromatic amines is 1. The smallest absolute Gasteiger partial charge is 0.253 e. The normalized spacial score (nSPS) is 12.7. The molecule has 0 bridgehead atoms. The zero-order chi connectivity index (χ0) is 25.7. The van der Waals surface area contributed by atoms with Gasteiger partial charge in [0, 0.05) is 11.8 Å². The predicted molar refractivity (Wildman–Crippen MR) is 130 cm³/mol. The number of anilines is 1. The number of carbonyl (C=O) groups excluding carboxylic acids is 3. The molecule has 2 atom stereocenters. The third-order valence-corrected chi connectivity index (χ3v) is 5.66. The van der Waals surface area contributed by atoms with Crippen LogP contribution in [-0.4, -0.2) is 43.8 Å². The fourth-order valence-corrected chi connectivity index (χ4v) is 3.69. The number of amides is 2. The van der Waals surface area contributed by atoms with Crippen molar-refractivity contribution < 1.29 is 24.6 Å². The van der Waals surface area contributed by atoms with Gasteiger partial charge in [-0.2, -0.15) is 0 Å². The number of hydrogen-bond donors (Lipinski definition) is 6. The highest BCUT2D eigenvalue weighted by Crippen LogP contribution is 2.30. The van der Waals surface area contributed by atoms with Crippen molar-refractivity contribution in [3.8, 4) is 11.8 Å². The Bertz CT molecular complexity index is 1200. The quantitative estimate of drug-likeness (QED) is 0.256. The first-order valence-corrected chi connectivity index (χ1v) is 11.1. The van der Waals surface area contributed by atoms with Crippen molar-refractivity contribution in [1.82, 2.24) is 20.6 Å². The second-order valence-corrected chi connectivity index (χ2v) is 8.59. The highest BCUT2D eigenvalue weighted by Gasteiger charge is 2.31. The summed E-state index contributed by atoms with van der Waals surface area (Å²) < 4.78 is 0. The number of ketones is 1. The Hall–Kier alpha value is -4.34. The van der Waals surface area contributed by atoms with Crippen LogP contribution >= 0.6 is 0 Å². The third-order valence-electron chi connectivity index (χ3n) is 5.66. The van der Waals surface area contributed by atoms with Crippen LogP contribution in [0.1, 0.15) is 58.2 Å². The van der Waals surface area contributed by atoms with Crippen LogP contribution in [0.15, 0.2) is 48.7 Å². The predicted octanol–water partition coefficient (Wildman–Crippen LogP) is 2.60. The van der Waals surface area contributed by atoms with E-state index in [1.54, 1.807) is 38.1 Å².